The molecular weight excluding hydrogens is 445 g/mol. The summed E-state index contributed by atoms with van der Waals surface area (Å²) in [4.78, 5) is 41.4. The van der Waals surface area contributed by atoms with Gasteiger partial charge in [-0.3, -0.25) is 4.79 Å². The van der Waals surface area contributed by atoms with E-state index >= 15 is 0 Å². The maximum Gasteiger partial charge on any atom is 0.354 e. The molecular formula is C24H18FN3O4S. The molecule has 0 saturated heterocycles. The van der Waals surface area contributed by atoms with Gasteiger partial charge in [-0.05, 0) is 31.5 Å². The average Bonchev–Trinajstić information content (AvgIpc) is 3.34. The number of aromatic nitrogens is 3. The van der Waals surface area contributed by atoms with Gasteiger partial charge in [0, 0.05) is 21.7 Å². The molecule has 2 N–H and O–H groups in total. The van der Waals surface area contributed by atoms with Gasteiger partial charge in [-0.2, -0.15) is 0 Å². The van der Waals surface area contributed by atoms with Crippen LogP contribution >= 0.6 is 11.3 Å². The van der Waals surface area contributed by atoms with E-state index in [0.717, 1.165) is 10.1 Å². The molecule has 0 bridgehead atoms. The molecule has 0 fully saturated rings. The molecule has 166 valence electrons. The lowest BCUT2D eigenvalue weighted by atomic mass is 10.1. The van der Waals surface area contributed by atoms with Crippen LogP contribution in [0.5, 0.6) is 0 Å². The van der Waals surface area contributed by atoms with Crippen molar-refractivity contribution in [2.75, 3.05) is 0 Å². The van der Waals surface area contributed by atoms with Crippen LogP contribution in [0.1, 0.15) is 27.2 Å². The summed E-state index contributed by atoms with van der Waals surface area (Å²) in [5.41, 5.74) is 0.780. The number of aromatic carboxylic acids is 1. The van der Waals surface area contributed by atoms with Crippen molar-refractivity contribution < 1.29 is 14.3 Å². The number of nitrogens with zero attached hydrogens (tertiary/aromatic N) is 2. The van der Waals surface area contributed by atoms with E-state index in [9.17, 15) is 23.9 Å². The maximum absolute atomic E-state index is 14.8. The van der Waals surface area contributed by atoms with E-state index in [1.54, 1.807) is 54.1 Å². The number of carboxylic acids is 1. The van der Waals surface area contributed by atoms with Crippen molar-refractivity contribution in [1.29, 1.82) is 0 Å². The molecule has 0 radical (unpaired) electrons. The molecule has 0 spiro atoms. The van der Waals surface area contributed by atoms with E-state index in [2.05, 4.69) is 4.98 Å². The molecule has 5 aromatic rings. The number of rotatable bonds is 4. The molecule has 2 aromatic carbocycles. The predicted octanol–water partition coefficient (Wildman–Crippen LogP) is 4.20. The topological polar surface area (TPSA) is 97.1 Å². The molecule has 0 amide bonds. The molecule has 33 heavy (non-hydrogen) atoms. The number of fused-ring (bicyclic) bond motifs is 2. The highest BCUT2D eigenvalue weighted by Gasteiger charge is 2.27. The van der Waals surface area contributed by atoms with Gasteiger partial charge in [0.1, 0.15) is 5.82 Å². The van der Waals surface area contributed by atoms with Crippen molar-refractivity contribution in [2.24, 2.45) is 0 Å². The fourth-order valence-electron chi connectivity index (χ4n) is 4.21. The maximum atomic E-state index is 14.8. The fourth-order valence-corrected chi connectivity index (χ4v) is 4.96. The molecule has 3 aromatic heterocycles. The summed E-state index contributed by atoms with van der Waals surface area (Å²) in [6, 6.07) is 10.2. The van der Waals surface area contributed by atoms with Crippen LogP contribution in [-0.2, 0) is 6.54 Å². The minimum absolute atomic E-state index is 0.0337. The summed E-state index contributed by atoms with van der Waals surface area (Å²) >= 11 is 1.26. The number of carbonyl (C=O) groups is 1. The van der Waals surface area contributed by atoms with Gasteiger partial charge in [0.15, 0.2) is 5.69 Å². The SMILES string of the molecule is Cc1ccc2c(c1)c(-n1c(=O)[nH]c3cscc3c1=O)c(C(=O)O)n2Cc1cccc(C)c1F. The first-order valence-corrected chi connectivity index (χ1v) is 11.0. The molecule has 0 aliphatic heterocycles. The second kappa shape index (κ2) is 7.56. The highest BCUT2D eigenvalue weighted by Crippen LogP contribution is 2.31. The Morgan fingerprint density at radius 2 is 1.91 bits per heavy atom. The van der Waals surface area contributed by atoms with Gasteiger partial charge in [0.2, 0.25) is 0 Å². The smallest absolute Gasteiger partial charge is 0.354 e. The van der Waals surface area contributed by atoms with Crippen LogP contribution in [0.4, 0.5) is 4.39 Å². The summed E-state index contributed by atoms with van der Waals surface area (Å²) in [5.74, 6) is -1.76. The van der Waals surface area contributed by atoms with Gasteiger partial charge >= 0.3 is 11.7 Å². The number of carboxylic acid groups (broad SMARTS) is 1. The first-order chi connectivity index (χ1) is 15.8. The van der Waals surface area contributed by atoms with Crippen LogP contribution < -0.4 is 11.2 Å². The summed E-state index contributed by atoms with van der Waals surface area (Å²) in [6.45, 7) is 3.38. The second-order valence-corrected chi connectivity index (χ2v) is 8.67. The van der Waals surface area contributed by atoms with E-state index < -0.39 is 23.0 Å². The monoisotopic (exact) mass is 463 g/mol. The van der Waals surface area contributed by atoms with E-state index in [4.69, 9.17) is 0 Å². The van der Waals surface area contributed by atoms with Gasteiger partial charge in [0.05, 0.1) is 28.7 Å². The van der Waals surface area contributed by atoms with Crippen molar-refractivity contribution in [2.45, 2.75) is 20.4 Å². The van der Waals surface area contributed by atoms with E-state index in [1.165, 1.54) is 15.9 Å². The van der Waals surface area contributed by atoms with Gasteiger partial charge in [-0.25, -0.2) is 18.5 Å². The molecule has 3 heterocycles. The van der Waals surface area contributed by atoms with Gasteiger partial charge in [-0.1, -0.05) is 29.8 Å². The molecule has 0 aliphatic rings. The van der Waals surface area contributed by atoms with Crippen molar-refractivity contribution in [3.63, 3.8) is 0 Å². The predicted molar refractivity (Wildman–Crippen MR) is 125 cm³/mol. The fraction of sp³-hybridized carbons (Fsp3) is 0.125. The number of halogens is 1. The summed E-state index contributed by atoms with van der Waals surface area (Å²) < 4.78 is 17.1. The third kappa shape index (κ3) is 3.20. The number of H-pyrrole nitrogens is 1. The number of hydrogen-bond donors (Lipinski definition) is 2. The second-order valence-electron chi connectivity index (χ2n) is 7.93. The lowest BCUT2D eigenvalue weighted by Crippen LogP contribution is -2.34. The van der Waals surface area contributed by atoms with Crippen molar-refractivity contribution in [1.82, 2.24) is 14.1 Å². The van der Waals surface area contributed by atoms with Crippen LogP contribution in [-0.4, -0.2) is 25.2 Å². The standard InChI is InChI=1S/C24H18FN3O4S/c1-12-6-7-18-15(8-12)20(28-22(29)16-10-33-11-17(16)26-24(28)32)21(23(30)31)27(18)9-14-5-3-4-13(2)19(14)25/h3-8,10-11H,9H2,1-2H3,(H,26,32)(H,30,31). The minimum atomic E-state index is -1.33. The van der Waals surface area contributed by atoms with Gasteiger partial charge in [-0.15, -0.1) is 11.3 Å². The molecule has 9 heteroatoms. The number of thiophene rings is 1. The Kier molecular flexibility index (Phi) is 4.79. The molecule has 0 saturated carbocycles. The van der Waals surface area contributed by atoms with E-state index in [0.29, 0.717) is 27.5 Å². The normalized spacial score (nSPS) is 11.5. The van der Waals surface area contributed by atoms with Crippen molar-refractivity contribution in [3.8, 4) is 5.69 Å². The van der Waals surface area contributed by atoms with Crippen LogP contribution in [0.15, 0.2) is 56.7 Å². The Hall–Kier alpha value is -3.98. The zero-order valence-electron chi connectivity index (χ0n) is 17.7. The number of aromatic amines is 1. The average molecular weight is 463 g/mol. The number of aryl methyl sites for hydroxylation is 2. The highest BCUT2D eigenvalue weighted by atomic mass is 32.1. The van der Waals surface area contributed by atoms with Crippen LogP contribution in [0.2, 0.25) is 0 Å². The number of nitrogens with one attached hydrogen (secondary N) is 1. The minimum Gasteiger partial charge on any atom is -0.477 e. The lowest BCUT2D eigenvalue weighted by molar-refractivity contribution is 0.0686. The molecule has 0 unspecified atom stereocenters. The summed E-state index contributed by atoms with van der Waals surface area (Å²) in [6.07, 6.45) is 0. The first kappa shape index (κ1) is 20.9. The van der Waals surface area contributed by atoms with Crippen molar-refractivity contribution in [3.05, 3.63) is 96.2 Å². The number of hydrogen-bond acceptors (Lipinski definition) is 4. The Morgan fingerprint density at radius 1 is 1.12 bits per heavy atom. The quantitative estimate of drug-likeness (QED) is 0.418. The third-order valence-electron chi connectivity index (χ3n) is 5.76. The molecule has 0 atom stereocenters. The first-order valence-electron chi connectivity index (χ1n) is 10.1. The Labute approximate surface area is 190 Å². The number of benzene rings is 2. The van der Waals surface area contributed by atoms with Crippen LogP contribution in [0.3, 0.4) is 0 Å². The van der Waals surface area contributed by atoms with E-state index in [1.807, 2.05) is 6.92 Å². The van der Waals surface area contributed by atoms with Gasteiger partial charge in [0.25, 0.3) is 5.56 Å². The largest absolute Gasteiger partial charge is 0.477 e. The highest BCUT2D eigenvalue weighted by molar-refractivity contribution is 7.09. The van der Waals surface area contributed by atoms with Crippen molar-refractivity contribution >= 4 is 39.1 Å². The van der Waals surface area contributed by atoms with Gasteiger partial charge < -0.3 is 14.7 Å². The Bertz CT molecular complexity index is 1710. The molecule has 7 nitrogen and oxygen atoms in total. The Balaban J connectivity index is 1.91. The Morgan fingerprint density at radius 3 is 2.67 bits per heavy atom. The zero-order valence-corrected chi connectivity index (χ0v) is 18.5. The lowest BCUT2D eigenvalue weighted by Gasteiger charge is -2.11. The van der Waals surface area contributed by atoms with E-state index in [-0.39, 0.29) is 23.3 Å². The van der Waals surface area contributed by atoms with Crippen LogP contribution in [0, 0.1) is 19.7 Å². The zero-order chi connectivity index (χ0) is 23.4. The van der Waals surface area contributed by atoms with Crippen LogP contribution in [0.25, 0.3) is 27.5 Å². The molecule has 5 rings (SSSR count). The summed E-state index contributed by atoms with van der Waals surface area (Å²) in [5, 5.41) is 14.2. The molecule has 0 aliphatic carbocycles. The third-order valence-corrected chi connectivity index (χ3v) is 6.50. The summed E-state index contributed by atoms with van der Waals surface area (Å²) in [7, 11) is 0.